The third-order valence-electron chi connectivity index (χ3n) is 4.63. The van der Waals surface area contributed by atoms with Crippen molar-refractivity contribution < 1.29 is 102 Å². The van der Waals surface area contributed by atoms with Crippen LogP contribution in [0.2, 0.25) is 0 Å². The van der Waals surface area contributed by atoms with Crippen molar-refractivity contribution >= 4 is 5.97 Å². The Kier molecular flexibility index (Phi) is 8.29. The number of rotatable bonds is 11. The first-order valence-corrected chi connectivity index (χ1v) is 8.27. The largest absolute Gasteiger partial charge is 0.481 e. The van der Waals surface area contributed by atoms with Crippen LogP contribution in [0.15, 0.2) is 0 Å². The molecule has 0 amide bonds. The van der Waals surface area contributed by atoms with E-state index in [9.17, 15) is 97.0 Å². The molecular weight excluding hydrogens is 599 g/mol. The molecule has 0 aromatic carbocycles. The number of carbonyl (C=O) groups is 1. The second kappa shape index (κ2) is 8.76. The molecule has 1 N–H and O–H groups in total. The van der Waals surface area contributed by atoms with Gasteiger partial charge in [0, 0.05) is 5.92 Å². The molecule has 0 saturated carbocycles. The van der Waals surface area contributed by atoms with Crippen molar-refractivity contribution in [1.29, 1.82) is 0 Å². The van der Waals surface area contributed by atoms with E-state index in [2.05, 4.69) is 0 Å². The van der Waals surface area contributed by atoms with Gasteiger partial charge in [-0.1, -0.05) is 6.92 Å². The summed E-state index contributed by atoms with van der Waals surface area (Å²) in [6.45, 7) is -0.434. The molecule has 0 aromatic rings. The molecule has 2 nitrogen and oxygen atoms in total. The number of aliphatic carboxylic acids is 1. The number of hydrogen-bond donors (Lipinski definition) is 1. The molecule has 1 atom stereocenters. The first kappa shape index (κ1) is 35.0. The SMILES string of the molecule is CC(CC(=O)O)C(F)(F)C(F)(F)C(F)(F)C(F)(F)C(F)(F)C(F)(F)C(F)(F)C(F)(F)C(F)(F)C(F)(F)F. The number of halogens is 21. The van der Waals surface area contributed by atoms with Crippen molar-refractivity contribution in [2.75, 3.05) is 0 Å². The van der Waals surface area contributed by atoms with Gasteiger partial charge < -0.3 is 5.11 Å². The van der Waals surface area contributed by atoms with Gasteiger partial charge in [-0.25, -0.2) is 0 Å². The molecule has 23 heteroatoms. The highest BCUT2D eigenvalue weighted by molar-refractivity contribution is 5.67. The van der Waals surface area contributed by atoms with Gasteiger partial charge in [-0.2, -0.15) is 92.2 Å². The molecule has 37 heavy (non-hydrogen) atoms. The lowest BCUT2D eigenvalue weighted by molar-refractivity contribution is -0.475. The fourth-order valence-electron chi connectivity index (χ4n) is 2.27. The van der Waals surface area contributed by atoms with Crippen LogP contribution in [0.4, 0.5) is 92.2 Å². The Morgan fingerprint density at radius 3 is 0.919 bits per heavy atom. The number of alkyl halides is 21. The zero-order valence-electron chi connectivity index (χ0n) is 16.6. The monoisotopic (exact) mass is 606 g/mol. The normalized spacial score (nSPS) is 17.1. The lowest BCUT2D eigenvalue weighted by Crippen LogP contribution is -2.77. The molecule has 0 rings (SSSR count). The molecule has 1 unspecified atom stereocenters. The van der Waals surface area contributed by atoms with E-state index >= 15 is 0 Å². The fraction of sp³-hybridized carbons (Fsp3) is 0.929. The Balaban J connectivity index is 7.08. The Bertz CT molecular complexity index is 854. The maximum absolute atomic E-state index is 13.6. The van der Waals surface area contributed by atoms with Gasteiger partial charge in [0.05, 0.1) is 6.42 Å². The Labute approximate surface area is 188 Å². The van der Waals surface area contributed by atoms with Crippen molar-refractivity contribution in [3.05, 3.63) is 0 Å². The van der Waals surface area contributed by atoms with Crippen molar-refractivity contribution in [1.82, 2.24) is 0 Å². The van der Waals surface area contributed by atoms with E-state index in [0.29, 0.717) is 0 Å². The van der Waals surface area contributed by atoms with Crippen LogP contribution in [0.5, 0.6) is 0 Å². The van der Waals surface area contributed by atoms with E-state index in [1.54, 1.807) is 0 Å². The predicted octanol–water partition coefficient (Wildman–Crippen LogP) is 7.38. The van der Waals surface area contributed by atoms with E-state index in [1.807, 2.05) is 0 Å². The van der Waals surface area contributed by atoms with Crippen LogP contribution in [0, 0.1) is 5.92 Å². The van der Waals surface area contributed by atoms with Gasteiger partial charge in [-0.3, -0.25) is 4.79 Å². The zero-order chi connectivity index (χ0) is 30.9. The van der Waals surface area contributed by atoms with Gasteiger partial charge >= 0.3 is 65.4 Å². The lowest BCUT2D eigenvalue weighted by Gasteiger charge is -2.45. The van der Waals surface area contributed by atoms with E-state index < -0.39 is 84.7 Å². The Hall–Kier alpha value is -2.00. The summed E-state index contributed by atoms with van der Waals surface area (Å²) in [6.07, 6.45) is -10.4. The van der Waals surface area contributed by atoms with Gasteiger partial charge in [-0.15, -0.1) is 0 Å². The van der Waals surface area contributed by atoms with Crippen molar-refractivity contribution in [2.45, 2.75) is 72.8 Å². The minimum Gasteiger partial charge on any atom is -0.481 e. The number of hydrogen-bond acceptors (Lipinski definition) is 1. The first-order valence-electron chi connectivity index (χ1n) is 8.27. The minimum atomic E-state index is -9.23. The number of carboxylic acids is 1. The van der Waals surface area contributed by atoms with Crippen molar-refractivity contribution in [3.8, 4) is 0 Å². The van der Waals surface area contributed by atoms with Crippen LogP contribution in [-0.4, -0.2) is 70.6 Å². The van der Waals surface area contributed by atoms with Crippen molar-refractivity contribution in [2.24, 2.45) is 5.92 Å². The standard InChI is InChI=1S/C14H7F21O2/c1-3(2-4(36)37)5(15,16)6(17,18)7(19,20)8(21,22)9(23,24)10(25,26)11(27,28)12(29,30)13(31,32)14(33,34)35/h3H,2H2,1H3,(H,36,37). The molecule has 0 aromatic heterocycles. The van der Waals surface area contributed by atoms with Gasteiger partial charge in [0.1, 0.15) is 0 Å². The summed E-state index contributed by atoms with van der Waals surface area (Å²) >= 11 is 0. The Morgan fingerprint density at radius 2 is 0.703 bits per heavy atom. The third kappa shape index (κ3) is 4.40. The van der Waals surface area contributed by atoms with Crippen LogP contribution in [-0.2, 0) is 4.79 Å². The van der Waals surface area contributed by atoms with E-state index in [-0.39, 0.29) is 0 Å². The van der Waals surface area contributed by atoms with Crippen LogP contribution >= 0.6 is 0 Å². The highest BCUT2D eigenvalue weighted by Gasteiger charge is 2.97. The summed E-state index contributed by atoms with van der Waals surface area (Å²) in [5, 5.41) is 8.17. The van der Waals surface area contributed by atoms with Crippen LogP contribution in [0.1, 0.15) is 13.3 Å². The van der Waals surface area contributed by atoms with E-state index in [0.717, 1.165) is 0 Å². The molecule has 0 aliphatic heterocycles. The van der Waals surface area contributed by atoms with Crippen LogP contribution < -0.4 is 0 Å². The molecule has 0 bridgehead atoms. The molecule has 0 fully saturated rings. The summed E-state index contributed by atoms with van der Waals surface area (Å²) in [5.74, 6) is -84.1. The van der Waals surface area contributed by atoms with E-state index in [1.165, 1.54) is 0 Å². The van der Waals surface area contributed by atoms with Crippen LogP contribution in [0.3, 0.4) is 0 Å². The summed E-state index contributed by atoms with van der Waals surface area (Å²) < 4.78 is 277. The highest BCUT2D eigenvalue weighted by Crippen LogP contribution is 2.66. The topological polar surface area (TPSA) is 37.3 Å². The van der Waals surface area contributed by atoms with Gasteiger partial charge in [0.25, 0.3) is 0 Å². The molecule has 0 radical (unpaired) electrons. The van der Waals surface area contributed by atoms with Gasteiger partial charge in [0.2, 0.25) is 0 Å². The number of carboxylic acid groups (broad SMARTS) is 1. The van der Waals surface area contributed by atoms with Gasteiger partial charge in [-0.05, 0) is 0 Å². The molecule has 222 valence electrons. The first-order chi connectivity index (χ1) is 15.6. The highest BCUT2D eigenvalue weighted by atomic mass is 19.4. The molecule has 0 heterocycles. The maximum Gasteiger partial charge on any atom is 0.460 e. The summed E-state index contributed by atoms with van der Waals surface area (Å²) in [7, 11) is 0. The molecule has 0 spiro atoms. The summed E-state index contributed by atoms with van der Waals surface area (Å²) in [5.41, 5.74) is 0. The van der Waals surface area contributed by atoms with Crippen LogP contribution in [0.25, 0.3) is 0 Å². The average Bonchev–Trinajstić information content (AvgIpc) is 2.65. The molecule has 0 saturated heterocycles. The quantitative estimate of drug-likeness (QED) is 0.250. The summed E-state index contributed by atoms with van der Waals surface area (Å²) in [6, 6.07) is 0. The maximum atomic E-state index is 13.6. The molecule has 0 aliphatic rings. The van der Waals surface area contributed by atoms with E-state index in [4.69, 9.17) is 5.11 Å². The summed E-state index contributed by atoms with van der Waals surface area (Å²) in [4.78, 5) is 10.2. The molecular formula is C14H7F21O2. The smallest absolute Gasteiger partial charge is 0.460 e. The predicted molar refractivity (Wildman–Crippen MR) is 72.0 cm³/mol. The molecule has 0 aliphatic carbocycles. The average molecular weight is 606 g/mol. The minimum absolute atomic E-state index is 0.434. The Morgan fingerprint density at radius 1 is 0.486 bits per heavy atom. The second-order valence-corrected chi connectivity index (χ2v) is 7.21. The van der Waals surface area contributed by atoms with Crippen molar-refractivity contribution in [3.63, 3.8) is 0 Å². The zero-order valence-corrected chi connectivity index (χ0v) is 16.6. The fourth-order valence-corrected chi connectivity index (χ4v) is 2.27. The lowest BCUT2D eigenvalue weighted by atomic mass is 9.83. The third-order valence-corrected chi connectivity index (χ3v) is 4.63. The second-order valence-electron chi connectivity index (χ2n) is 7.21. The van der Waals surface area contributed by atoms with Gasteiger partial charge in [0.15, 0.2) is 0 Å².